The van der Waals surface area contributed by atoms with Crippen molar-refractivity contribution in [2.75, 3.05) is 33.1 Å². The van der Waals surface area contributed by atoms with Gasteiger partial charge in [-0.1, -0.05) is 0 Å². The molecule has 0 unspecified atom stereocenters. The molecule has 190 valence electrons. The molecule has 0 spiro atoms. The van der Waals surface area contributed by atoms with E-state index in [9.17, 15) is 22.8 Å². The lowest BCUT2D eigenvalue weighted by molar-refractivity contribution is -0.137. The Morgan fingerprint density at radius 1 is 1.06 bits per heavy atom. The topological polar surface area (TPSA) is 94.5 Å². The van der Waals surface area contributed by atoms with Crippen LogP contribution in [0.25, 0.3) is 16.9 Å². The van der Waals surface area contributed by atoms with E-state index in [0.29, 0.717) is 53.1 Å². The molecule has 1 aliphatic carbocycles. The number of amides is 1. The molecule has 2 aromatic carbocycles. The Balaban J connectivity index is 1.95. The van der Waals surface area contributed by atoms with Gasteiger partial charge in [-0.15, -0.1) is 0 Å². The largest absolute Gasteiger partial charge is 0.497 e. The zero-order valence-electron chi connectivity index (χ0n) is 20.0. The van der Waals surface area contributed by atoms with Crippen LogP contribution in [-0.4, -0.2) is 43.5 Å². The molecule has 0 aliphatic heterocycles. The van der Waals surface area contributed by atoms with Crippen LogP contribution in [0.2, 0.25) is 0 Å². The number of benzene rings is 2. The summed E-state index contributed by atoms with van der Waals surface area (Å²) < 4.78 is 53.5. The Kier molecular flexibility index (Phi) is 6.91. The van der Waals surface area contributed by atoms with E-state index in [1.807, 2.05) is 0 Å². The number of carbonyl (C=O) groups excluding carboxylic acids is 1. The monoisotopic (exact) mass is 502 g/mol. The van der Waals surface area contributed by atoms with Crippen molar-refractivity contribution in [3.63, 3.8) is 0 Å². The Bertz CT molecular complexity index is 1350. The van der Waals surface area contributed by atoms with Crippen LogP contribution >= 0.6 is 0 Å². The van der Waals surface area contributed by atoms with Gasteiger partial charge in [0.2, 0.25) is 5.91 Å². The van der Waals surface area contributed by atoms with E-state index in [4.69, 9.17) is 9.47 Å². The first-order valence-corrected chi connectivity index (χ1v) is 11.2. The highest BCUT2D eigenvalue weighted by molar-refractivity contribution is 5.80. The second kappa shape index (κ2) is 9.92. The van der Waals surface area contributed by atoms with Crippen LogP contribution in [0.4, 0.5) is 18.9 Å². The molecule has 0 fully saturated rings. The molecule has 0 saturated carbocycles. The maximum absolute atomic E-state index is 14.0. The van der Waals surface area contributed by atoms with Gasteiger partial charge in [0.1, 0.15) is 11.5 Å². The van der Waals surface area contributed by atoms with Crippen LogP contribution in [0.3, 0.4) is 0 Å². The van der Waals surface area contributed by atoms with Gasteiger partial charge in [0.05, 0.1) is 37.7 Å². The van der Waals surface area contributed by atoms with Gasteiger partial charge in [-0.3, -0.25) is 9.59 Å². The van der Waals surface area contributed by atoms with Crippen LogP contribution < -0.4 is 25.7 Å². The molecule has 2 N–H and O–H groups in total. The molecule has 1 aromatic heterocycles. The van der Waals surface area contributed by atoms with Crippen LogP contribution in [-0.2, 0) is 23.8 Å². The summed E-state index contributed by atoms with van der Waals surface area (Å²) in [6.45, 7) is -0.150. The highest BCUT2D eigenvalue weighted by atomic mass is 19.4. The Labute approximate surface area is 205 Å². The number of ether oxygens (including phenoxy) is 2. The molecule has 11 heteroatoms. The van der Waals surface area contributed by atoms with Crippen LogP contribution in [0, 0.1) is 0 Å². The minimum Gasteiger partial charge on any atom is -0.497 e. The number of likely N-dealkylation sites (N-methyl/N-ethyl adjacent to an activating group) is 1. The summed E-state index contributed by atoms with van der Waals surface area (Å²) >= 11 is 0. The van der Waals surface area contributed by atoms with Crippen LogP contribution in [0.1, 0.15) is 23.1 Å². The average molecular weight is 502 g/mol. The van der Waals surface area contributed by atoms with Gasteiger partial charge in [0.25, 0.3) is 5.56 Å². The normalized spacial score (nSPS) is 12.7. The van der Waals surface area contributed by atoms with Gasteiger partial charge in [-0.05, 0) is 55.2 Å². The number of rotatable bonds is 7. The number of methoxy groups -OCH3 is 2. The predicted octanol–water partition coefficient (Wildman–Crippen LogP) is 3.58. The lowest BCUT2D eigenvalue weighted by atomic mass is 10.0. The first kappa shape index (κ1) is 25.1. The molecular weight excluding hydrogens is 477 g/mol. The number of aromatic nitrogens is 2. The number of halogens is 3. The van der Waals surface area contributed by atoms with Crippen molar-refractivity contribution < 1.29 is 27.4 Å². The molecular formula is C25H25F3N4O4. The third kappa shape index (κ3) is 4.86. The second-order valence-corrected chi connectivity index (χ2v) is 8.23. The van der Waals surface area contributed by atoms with Crippen molar-refractivity contribution >= 4 is 11.6 Å². The van der Waals surface area contributed by atoms with Gasteiger partial charge < -0.3 is 20.1 Å². The molecule has 0 radical (unpaired) electrons. The molecule has 1 aliphatic rings. The van der Waals surface area contributed by atoms with Crippen molar-refractivity contribution in [1.82, 2.24) is 15.1 Å². The van der Waals surface area contributed by atoms with E-state index in [0.717, 1.165) is 10.7 Å². The highest BCUT2D eigenvalue weighted by Gasteiger charge is 2.35. The minimum atomic E-state index is -4.74. The van der Waals surface area contributed by atoms with Crippen LogP contribution in [0.15, 0.2) is 41.2 Å². The first-order valence-electron chi connectivity index (χ1n) is 11.2. The Hall–Kier alpha value is -4.02. The zero-order chi connectivity index (χ0) is 26.0. The molecule has 0 saturated heterocycles. The van der Waals surface area contributed by atoms with Gasteiger partial charge in [0.15, 0.2) is 0 Å². The lowest BCUT2D eigenvalue weighted by Crippen LogP contribution is -2.29. The van der Waals surface area contributed by atoms with E-state index in [2.05, 4.69) is 15.7 Å². The SMILES string of the molecule is CNC(=O)CNc1ccc(C(F)(F)F)c(-n2nc(-c3cc(OC)cc(OC)c3)c3c(c2=O)CCC3)c1. The molecule has 1 amide bonds. The third-order valence-corrected chi connectivity index (χ3v) is 6.04. The molecule has 0 atom stereocenters. The van der Waals surface area contributed by atoms with E-state index < -0.39 is 23.0 Å². The summed E-state index contributed by atoms with van der Waals surface area (Å²) in [5.41, 5.74) is 0.259. The van der Waals surface area contributed by atoms with E-state index in [-0.39, 0.29) is 18.1 Å². The minimum absolute atomic E-state index is 0.150. The summed E-state index contributed by atoms with van der Waals surface area (Å²) in [5, 5.41) is 9.65. The van der Waals surface area contributed by atoms with Gasteiger partial charge >= 0.3 is 6.18 Å². The van der Waals surface area contributed by atoms with Crippen molar-refractivity contribution in [2.24, 2.45) is 0 Å². The second-order valence-electron chi connectivity index (χ2n) is 8.23. The van der Waals surface area contributed by atoms with Gasteiger partial charge in [0, 0.05) is 29.9 Å². The Morgan fingerprint density at radius 2 is 1.72 bits per heavy atom. The summed E-state index contributed by atoms with van der Waals surface area (Å²) in [6, 6.07) is 8.33. The zero-order valence-corrected chi connectivity index (χ0v) is 20.0. The maximum atomic E-state index is 14.0. The number of anilines is 1. The van der Waals surface area contributed by atoms with Crippen LogP contribution in [0.5, 0.6) is 11.5 Å². The molecule has 3 aromatic rings. The van der Waals surface area contributed by atoms with E-state index in [1.165, 1.54) is 33.4 Å². The van der Waals surface area contributed by atoms with Gasteiger partial charge in [-0.25, -0.2) is 0 Å². The summed E-state index contributed by atoms with van der Waals surface area (Å²) in [7, 11) is 4.43. The molecule has 0 bridgehead atoms. The molecule has 4 rings (SSSR count). The Morgan fingerprint density at radius 3 is 2.33 bits per heavy atom. The summed E-state index contributed by atoms with van der Waals surface area (Å²) in [6.07, 6.45) is -3.05. The number of carbonyl (C=O) groups is 1. The number of hydrogen-bond donors (Lipinski definition) is 2. The number of alkyl halides is 3. The molecule has 1 heterocycles. The van der Waals surface area contributed by atoms with Gasteiger partial charge in [-0.2, -0.15) is 23.0 Å². The fraction of sp³-hybridized carbons (Fsp3) is 0.320. The maximum Gasteiger partial charge on any atom is 0.418 e. The number of nitrogens with one attached hydrogen (secondary N) is 2. The summed E-state index contributed by atoms with van der Waals surface area (Å²) in [4.78, 5) is 25.0. The first-order chi connectivity index (χ1) is 17.2. The van der Waals surface area contributed by atoms with E-state index in [1.54, 1.807) is 18.2 Å². The number of nitrogens with zero attached hydrogens (tertiary/aromatic N) is 2. The number of fused-ring (bicyclic) bond motifs is 1. The average Bonchev–Trinajstić information content (AvgIpc) is 3.37. The molecule has 36 heavy (non-hydrogen) atoms. The summed E-state index contributed by atoms with van der Waals surface area (Å²) in [5.74, 6) is 0.609. The highest BCUT2D eigenvalue weighted by Crippen LogP contribution is 2.37. The van der Waals surface area contributed by atoms with Crippen molar-refractivity contribution in [2.45, 2.75) is 25.4 Å². The fourth-order valence-electron chi connectivity index (χ4n) is 4.24. The third-order valence-electron chi connectivity index (χ3n) is 6.04. The van der Waals surface area contributed by atoms with Crippen molar-refractivity contribution in [3.8, 4) is 28.4 Å². The lowest BCUT2D eigenvalue weighted by Gasteiger charge is -2.18. The quantitative estimate of drug-likeness (QED) is 0.513. The fourth-order valence-corrected chi connectivity index (χ4v) is 4.24. The van der Waals surface area contributed by atoms with E-state index >= 15 is 0 Å². The molecule has 8 nitrogen and oxygen atoms in total. The predicted molar refractivity (Wildman–Crippen MR) is 128 cm³/mol. The van der Waals surface area contributed by atoms with Crippen molar-refractivity contribution in [1.29, 1.82) is 0 Å². The smallest absolute Gasteiger partial charge is 0.418 e. The van der Waals surface area contributed by atoms with Crippen molar-refractivity contribution in [3.05, 3.63) is 63.4 Å². The number of hydrogen-bond acceptors (Lipinski definition) is 6. The standard InChI is InChI=1S/C25H25F3N4O4/c1-29-22(33)13-30-15-7-8-20(25(26,27)28)21(11-15)32-24(34)19-6-4-5-18(19)23(31-32)14-9-16(35-2)12-17(10-14)36-3/h7-12,30H,4-6,13H2,1-3H3,(H,29,33).